The van der Waals surface area contributed by atoms with Gasteiger partial charge in [-0.15, -0.1) is 22.7 Å². The van der Waals surface area contributed by atoms with Crippen LogP contribution in [-0.2, 0) is 32.4 Å². The van der Waals surface area contributed by atoms with Crippen molar-refractivity contribution in [2.24, 2.45) is 0 Å². The summed E-state index contributed by atoms with van der Waals surface area (Å²) in [6.45, 7) is 0.265. The van der Waals surface area contributed by atoms with Gasteiger partial charge in [-0.1, -0.05) is 24.4 Å². The number of hydrogen-bond acceptors (Lipinski definition) is 7. The van der Waals surface area contributed by atoms with Crippen LogP contribution in [0.15, 0.2) is 16.3 Å². The second-order valence-electron chi connectivity index (χ2n) is 7.94. The number of carbonyl (C=O) groups excluding carboxylic acids is 2. The Morgan fingerprint density at radius 3 is 2.62 bits per heavy atom. The number of hydrogen-bond donors (Lipinski definition) is 1. The number of nitrogens with one attached hydrogen (secondary N) is 1. The molecular formula is C21H25ClN2O5S3. The highest BCUT2D eigenvalue weighted by Gasteiger charge is 2.39. The number of thiophene rings is 2. The maximum atomic E-state index is 13.3. The fourth-order valence-corrected chi connectivity index (χ4v) is 8.90. The van der Waals surface area contributed by atoms with E-state index in [0.29, 0.717) is 27.7 Å². The van der Waals surface area contributed by atoms with Crippen molar-refractivity contribution in [3.8, 4) is 0 Å². The molecule has 1 N–H and O–H groups in total. The van der Waals surface area contributed by atoms with E-state index in [1.807, 2.05) is 0 Å². The van der Waals surface area contributed by atoms with Gasteiger partial charge in [0.2, 0.25) is 5.91 Å². The standard InChI is InChI=1S/C21H25ClN2O5S3/c1-29-21(26)18-13-7-3-2-4-9-15(13)30-20(18)23-19(25)14-8-5-6-12-24(14)32(27,28)17-11-10-16(22)31-17/h10-11,14H,2-9,12H2,1H3,(H,23,25). The van der Waals surface area contributed by atoms with Crippen LogP contribution < -0.4 is 5.32 Å². The van der Waals surface area contributed by atoms with Crippen LogP contribution in [-0.4, -0.2) is 44.3 Å². The molecule has 0 saturated carbocycles. The number of ether oxygens (including phenoxy) is 1. The summed E-state index contributed by atoms with van der Waals surface area (Å²) in [7, 11) is -2.52. The van der Waals surface area contributed by atoms with E-state index in [0.717, 1.165) is 60.3 Å². The molecule has 0 spiro atoms. The summed E-state index contributed by atoms with van der Waals surface area (Å²) in [5, 5.41) is 3.34. The number of nitrogens with zero attached hydrogens (tertiary/aromatic N) is 1. The molecular weight excluding hydrogens is 492 g/mol. The molecule has 0 bridgehead atoms. The summed E-state index contributed by atoms with van der Waals surface area (Å²) in [5.74, 6) is -0.890. The number of rotatable bonds is 5. The van der Waals surface area contributed by atoms with Crippen LogP contribution >= 0.6 is 34.3 Å². The van der Waals surface area contributed by atoms with Crippen LogP contribution in [0.25, 0.3) is 0 Å². The first-order chi connectivity index (χ1) is 15.3. The van der Waals surface area contributed by atoms with Gasteiger partial charge in [0.05, 0.1) is 17.0 Å². The number of anilines is 1. The normalized spacial score (nSPS) is 19.8. The molecule has 1 unspecified atom stereocenters. The maximum absolute atomic E-state index is 13.3. The minimum atomic E-state index is -3.85. The van der Waals surface area contributed by atoms with E-state index in [1.54, 1.807) is 6.07 Å². The average molecular weight is 517 g/mol. The topological polar surface area (TPSA) is 92.8 Å². The number of amides is 1. The van der Waals surface area contributed by atoms with Crippen LogP contribution in [0.3, 0.4) is 0 Å². The largest absolute Gasteiger partial charge is 0.465 e. The number of methoxy groups -OCH3 is 1. The van der Waals surface area contributed by atoms with Crippen LogP contribution in [0.4, 0.5) is 5.00 Å². The number of halogens is 1. The molecule has 3 heterocycles. The molecule has 1 atom stereocenters. The van der Waals surface area contributed by atoms with Crippen molar-refractivity contribution in [2.75, 3.05) is 19.0 Å². The van der Waals surface area contributed by atoms with Crippen molar-refractivity contribution in [3.05, 3.63) is 32.5 Å². The predicted molar refractivity (Wildman–Crippen MR) is 126 cm³/mol. The van der Waals surface area contributed by atoms with Crippen molar-refractivity contribution >= 4 is 61.2 Å². The number of esters is 1. The first-order valence-corrected chi connectivity index (χ1v) is 14.1. The smallest absolute Gasteiger partial charge is 0.341 e. The number of aryl methyl sites for hydroxylation is 1. The van der Waals surface area contributed by atoms with Gasteiger partial charge < -0.3 is 10.1 Å². The first-order valence-electron chi connectivity index (χ1n) is 10.6. The third-order valence-electron chi connectivity index (χ3n) is 5.92. The van der Waals surface area contributed by atoms with E-state index < -0.39 is 27.9 Å². The Morgan fingerprint density at radius 2 is 1.91 bits per heavy atom. The zero-order valence-corrected chi connectivity index (χ0v) is 20.9. The summed E-state index contributed by atoms with van der Waals surface area (Å²) in [4.78, 5) is 27.0. The van der Waals surface area contributed by atoms with Gasteiger partial charge in [0, 0.05) is 11.4 Å². The number of sulfonamides is 1. The molecule has 2 aromatic heterocycles. The van der Waals surface area contributed by atoms with Gasteiger partial charge in [-0.25, -0.2) is 13.2 Å². The van der Waals surface area contributed by atoms with Crippen molar-refractivity contribution in [2.45, 2.75) is 61.6 Å². The Bertz CT molecular complexity index is 1120. The minimum absolute atomic E-state index is 0.125. The van der Waals surface area contributed by atoms with Crippen LogP contribution in [0.5, 0.6) is 0 Å². The Balaban J connectivity index is 1.63. The van der Waals surface area contributed by atoms with Crippen molar-refractivity contribution in [3.63, 3.8) is 0 Å². The molecule has 174 valence electrons. The van der Waals surface area contributed by atoms with Crippen LogP contribution in [0, 0.1) is 0 Å². The van der Waals surface area contributed by atoms with E-state index in [-0.39, 0.29) is 10.8 Å². The van der Waals surface area contributed by atoms with E-state index in [2.05, 4.69) is 5.32 Å². The lowest BCUT2D eigenvalue weighted by molar-refractivity contribution is -0.120. The maximum Gasteiger partial charge on any atom is 0.341 e. The van der Waals surface area contributed by atoms with Gasteiger partial charge in [0.1, 0.15) is 15.3 Å². The predicted octanol–water partition coefficient (Wildman–Crippen LogP) is 4.70. The Morgan fingerprint density at radius 1 is 1.12 bits per heavy atom. The van der Waals surface area contributed by atoms with Gasteiger partial charge in [0.25, 0.3) is 10.0 Å². The summed E-state index contributed by atoms with van der Waals surface area (Å²) >= 11 is 8.33. The molecule has 1 saturated heterocycles. The molecule has 2 aliphatic rings. The van der Waals surface area contributed by atoms with Crippen molar-refractivity contribution < 1.29 is 22.7 Å². The SMILES string of the molecule is COC(=O)c1c(NC(=O)C2CCCCN2S(=O)(=O)c2ccc(Cl)s2)sc2c1CCCCC2. The molecule has 1 aliphatic heterocycles. The Kier molecular flexibility index (Phi) is 7.26. The molecule has 0 radical (unpaired) electrons. The molecule has 7 nitrogen and oxygen atoms in total. The fraction of sp³-hybridized carbons (Fsp3) is 0.524. The van der Waals surface area contributed by atoms with Crippen molar-refractivity contribution in [1.29, 1.82) is 0 Å². The van der Waals surface area contributed by atoms with Crippen LogP contribution in [0.1, 0.15) is 59.3 Å². The zero-order valence-electron chi connectivity index (χ0n) is 17.7. The third kappa shape index (κ3) is 4.61. The highest BCUT2D eigenvalue weighted by molar-refractivity contribution is 7.91. The first kappa shape index (κ1) is 23.7. The number of fused-ring (bicyclic) bond motifs is 1. The molecule has 1 fully saturated rings. The second kappa shape index (κ2) is 9.80. The molecule has 2 aromatic rings. The lowest BCUT2D eigenvalue weighted by Crippen LogP contribution is -2.49. The average Bonchev–Trinajstić information content (AvgIpc) is 3.29. The van der Waals surface area contributed by atoms with E-state index >= 15 is 0 Å². The molecule has 32 heavy (non-hydrogen) atoms. The lowest BCUT2D eigenvalue weighted by Gasteiger charge is -2.33. The number of carbonyl (C=O) groups is 2. The lowest BCUT2D eigenvalue weighted by atomic mass is 10.0. The fourth-order valence-electron chi connectivity index (χ4n) is 4.35. The molecule has 0 aromatic carbocycles. The highest BCUT2D eigenvalue weighted by Crippen LogP contribution is 2.39. The van der Waals surface area contributed by atoms with Gasteiger partial charge in [-0.05, 0) is 56.2 Å². The Labute approximate surface area is 200 Å². The summed E-state index contributed by atoms with van der Waals surface area (Å²) in [5.41, 5.74) is 1.37. The van der Waals surface area contributed by atoms with Gasteiger partial charge in [-0.2, -0.15) is 4.31 Å². The zero-order chi connectivity index (χ0) is 22.9. The summed E-state index contributed by atoms with van der Waals surface area (Å²) in [6, 6.07) is 2.17. The van der Waals surface area contributed by atoms with Gasteiger partial charge >= 0.3 is 5.97 Å². The van der Waals surface area contributed by atoms with Crippen LogP contribution in [0.2, 0.25) is 4.34 Å². The monoisotopic (exact) mass is 516 g/mol. The number of piperidine rings is 1. The molecule has 11 heteroatoms. The van der Waals surface area contributed by atoms with E-state index in [1.165, 1.54) is 28.8 Å². The molecule has 1 aliphatic carbocycles. The van der Waals surface area contributed by atoms with E-state index in [9.17, 15) is 18.0 Å². The highest BCUT2D eigenvalue weighted by atomic mass is 35.5. The second-order valence-corrected chi connectivity index (χ2v) is 12.9. The Hall–Kier alpha value is -1.46. The summed E-state index contributed by atoms with van der Waals surface area (Å²) in [6.07, 6.45) is 6.62. The quantitative estimate of drug-likeness (QED) is 0.459. The molecule has 1 amide bonds. The van der Waals surface area contributed by atoms with E-state index in [4.69, 9.17) is 16.3 Å². The van der Waals surface area contributed by atoms with Gasteiger partial charge in [0.15, 0.2) is 0 Å². The third-order valence-corrected chi connectivity index (χ3v) is 10.7. The molecule has 4 rings (SSSR count). The van der Waals surface area contributed by atoms with Crippen molar-refractivity contribution in [1.82, 2.24) is 4.31 Å². The summed E-state index contributed by atoms with van der Waals surface area (Å²) < 4.78 is 33.2. The van der Waals surface area contributed by atoms with Gasteiger partial charge in [-0.3, -0.25) is 4.79 Å². The minimum Gasteiger partial charge on any atom is -0.465 e.